The van der Waals surface area contributed by atoms with Crippen LogP contribution in [0.2, 0.25) is 5.02 Å². The Bertz CT molecular complexity index is 409. The Balaban J connectivity index is 3.09. The van der Waals surface area contributed by atoms with Gasteiger partial charge in [0.25, 0.3) is 0 Å². The summed E-state index contributed by atoms with van der Waals surface area (Å²) < 4.78 is 10.6. The predicted molar refractivity (Wildman–Crippen MR) is 80.4 cm³/mol. The molecule has 0 saturated heterocycles. The Hall–Kier alpha value is -0.930. The molecule has 0 aliphatic carbocycles. The van der Waals surface area contributed by atoms with Gasteiger partial charge in [0, 0.05) is 17.1 Å². The first kappa shape index (κ1) is 16.1. The zero-order valence-corrected chi connectivity index (χ0v) is 13.2. The monoisotopic (exact) mass is 285 g/mol. The topological polar surface area (TPSA) is 30.5 Å². The van der Waals surface area contributed by atoms with Gasteiger partial charge in [0.15, 0.2) is 11.5 Å². The van der Waals surface area contributed by atoms with Crippen molar-refractivity contribution in [2.45, 2.75) is 32.7 Å². The normalized spacial score (nSPS) is 14.0. The fourth-order valence-electron chi connectivity index (χ4n) is 2.11. The van der Waals surface area contributed by atoms with E-state index in [0.29, 0.717) is 22.4 Å². The Morgan fingerprint density at radius 1 is 1.21 bits per heavy atom. The van der Waals surface area contributed by atoms with Gasteiger partial charge in [0.2, 0.25) is 0 Å². The van der Waals surface area contributed by atoms with Crippen molar-refractivity contribution < 1.29 is 9.47 Å². The second kappa shape index (κ2) is 7.61. The SMILES string of the molecule is CCC(C)CC(NC)c1cc(OC)c(OC)cc1Cl. The van der Waals surface area contributed by atoms with Gasteiger partial charge in [-0.3, -0.25) is 0 Å². The number of hydrogen-bond acceptors (Lipinski definition) is 3. The molecule has 3 nitrogen and oxygen atoms in total. The van der Waals surface area contributed by atoms with E-state index in [0.717, 1.165) is 18.4 Å². The van der Waals surface area contributed by atoms with Crippen LogP contribution in [0.3, 0.4) is 0 Å². The van der Waals surface area contributed by atoms with Crippen LogP contribution in [0.1, 0.15) is 38.3 Å². The van der Waals surface area contributed by atoms with Crippen molar-refractivity contribution in [2.24, 2.45) is 5.92 Å². The zero-order valence-electron chi connectivity index (χ0n) is 12.4. The molecular weight excluding hydrogens is 262 g/mol. The van der Waals surface area contributed by atoms with Crippen molar-refractivity contribution >= 4 is 11.6 Å². The molecule has 0 saturated carbocycles. The maximum absolute atomic E-state index is 6.36. The third kappa shape index (κ3) is 4.02. The molecule has 0 fully saturated rings. The van der Waals surface area contributed by atoms with Gasteiger partial charge in [-0.15, -0.1) is 0 Å². The molecule has 19 heavy (non-hydrogen) atoms. The molecule has 0 aliphatic rings. The average Bonchev–Trinajstić information content (AvgIpc) is 2.44. The number of rotatable bonds is 7. The molecule has 0 aliphatic heterocycles. The van der Waals surface area contributed by atoms with Crippen molar-refractivity contribution in [1.29, 1.82) is 0 Å². The van der Waals surface area contributed by atoms with Gasteiger partial charge in [-0.2, -0.15) is 0 Å². The number of halogens is 1. The zero-order chi connectivity index (χ0) is 14.4. The van der Waals surface area contributed by atoms with Gasteiger partial charge < -0.3 is 14.8 Å². The van der Waals surface area contributed by atoms with Crippen LogP contribution in [0.15, 0.2) is 12.1 Å². The van der Waals surface area contributed by atoms with Crippen LogP contribution in [0.4, 0.5) is 0 Å². The minimum Gasteiger partial charge on any atom is -0.493 e. The van der Waals surface area contributed by atoms with E-state index >= 15 is 0 Å². The number of methoxy groups -OCH3 is 2. The Labute approximate surface area is 121 Å². The molecule has 1 aromatic rings. The van der Waals surface area contributed by atoms with Gasteiger partial charge in [0.1, 0.15) is 0 Å². The van der Waals surface area contributed by atoms with Gasteiger partial charge in [-0.25, -0.2) is 0 Å². The van der Waals surface area contributed by atoms with Gasteiger partial charge in [0.05, 0.1) is 14.2 Å². The van der Waals surface area contributed by atoms with E-state index in [9.17, 15) is 0 Å². The summed E-state index contributed by atoms with van der Waals surface area (Å²) in [6, 6.07) is 4.00. The molecule has 1 N–H and O–H groups in total. The van der Waals surface area contributed by atoms with Gasteiger partial charge in [-0.1, -0.05) is 31.9 Å². The molecule has 1 rings (SSSR count). The minimum atomic E-state index is 0.224. The lowest BCUT2D eigenvalue weighted by Crippen LogP contribution is -2.19. The van der Waals surface area contributed by atoms with Crippen LogP contribution < -0.4 is 14.8 Å². The van der Waals surface area contributed by atoms with Gasteiger partial charge >= 0.3 is 0 Å². The first-order chi connectivity index (χ1) is 9.07. The Morgan fingerprint density at radius 3 is 2.26 bits per heavy atom. The van der Waals surface area contributed by atoms with Crippen molar-refractivity contribution in [2.75, 3.05) is 21.3 Å². The molecule has 0 aromatic heterocycles. The maximum Gasteiger partial charge on any atom is 0.162 e. The number of hydrogen-bond donors (Lipinski definition) is 1. The van der Waals surface area contributed by atoms with Crippen molar-refractivity contribution in [3.63, 3.8) is 0 Å². The summed E-state index contributed by atoms with van der Waals surface area (Å²) in [5, 5.41) is 4.04. The second-order valence-corrected chi connectivity index (χ2v) is 5.23. The summed E-state index contributed by atoms with van der Waals surface area (Å²) >= 11 is 6.36. The molecule has 0 bridgehead atoms. The summed E-state index contributed by atoms with van der Waals surface area (Å²) in [7, 11) is 5.21. The predicted octanol–water partition coefficient (Wildman–Crippen LogP) is 4.05. The summed E-state index contributed by atoms with van der Waals surface area (Å²) in [4.78, 5) is 0. The number of nitrogens with one attached hydrogen (secondary N) is 1. The van der Waals surface area contributed by atoms with E-state index in [1.54, 1.807) is 14.2 Å². The van der Waals surface area contributed by atoms with Crippen LogP contribution in [-0.2, 0) is 0 Å². The highest BCUT2D eigenvalue weighted by molar-refractivity contribution is 6.31. The standard InChI is InChI=1S/C15H24ClNO2/c1-6-10(2)7-13(17-3)11-8-14(18-4)15(19-5)9-12(11)16/h8-10,13,17H,6-7H2,1-5H3. The second-order valence-electron chi connectivity index (χ2n) is 4.82. The fraction of sp³-hybridized carbons (Fsp3) is 0.600. The van der Waals surface area contributed by atoms with Crippen LogP contribution in [0, 0.1) is 5.92 Å². The highest BCUT2D eigenvalue weighted by Crippen LogP contribution is 2.37. The highest BCUT2D eigenvalue weighted by atomic mass is 35.5. The van der Waals surface area contributed by atoms with E-state index in [4.69, 9.17) is 21.1 Å². The first-order valence-electron chi connectivity index (χ1n) is 6.65. The van der Waals surface area contributed by atoms with Crippen molar-refractivity contribution in [3.8, 4) is 11.5 Å². The van der Waals surface area contributed by atoms with E-state index in [-0.39, 0.29) is 6.04 Å². The molecular formula is C15H24ClNO2. The molecule has 4 heteroatoms. The lowest BCUT2D eigenvalue weighted by Gasteiger charge is -2.22. The van der Waals surface area contributed by atoms with Crippen LogP contribution >= 0.6 is 11.6 Å². The summed E-state index contributed by atoms with van der Waals surface area (Å²) in [5.41, 5.74) is 1.06. The molecule has 0 amide bonds. The molecule has 2 unspecified atom stereocenters. The minimum absolute atomic E-state index is 0.224. The lowest BCUT2D eigenvalue weighted by molar-refractivity contribution is 0.353. The third-order valence-electron chi connectivity index (χ3n) is 3.56. The largest absolute Gasteiger partial charge is 0.493 e. The first-order valence-corrected chi connectivity index (χ1v) is 7.03. The van der Waals surface area contributed by atoms with Crippen LogP contribution in [0.25, 0.3) is 0 Å². The lowest BCUT2D eigenvalue weighted by atomic mass is 9.94. The molecule has 0 radical (unpaired) electrons. The molecule has 108 valence electrons. The smallest absolute Gasteiger partial charge is 0.162 e. The molecule has 0 heterocycles. The highest BCUT2D eigenvalue weighted by Gasteiger charge is 2.18. The third-order valence-corrected chi connectivity index (χ3v) is 3.89. The van der Waals surface area contributed by atoms with Crippen molar-refractivity contribution in [1.82, 2.24) is 5.32 Å². The maximum atomic E-state index is 6.36. The van der Waals surface area contributed by atoms with Crippen LogP contribution in [0.5, 0.6) is 11.5 Å². The van der Waals surface area contributed by atoms with E-state index < -0.39 is 0 Å². The van der Waals surface area contributed by atoms with Crippen LogP contribution in [-0.4, -0.2) is 21.3 Å². The van der Waals surface area contributed by atoms with E-state index in [1.807, 2.05) is 19.2 Å². The quantitative estimate of drug-likeness (QED) is 0.820. The number of ether oxygens (including phenoxy) is 2. The summed E-state index contributed by atoms with van der Waals surface area (Å²) in [6.07, 6.45) is 2.20. The Kier molecular flexibility index (Phi) is 6.46. The van der Waals surface area contributed by atoms with Gasteiger partial charge in [-0.05, 0) is 31.0 Å². The molecule has 1 aromatic carbocycles. The van der Waals surface area contributed by atoms with Crippen molar-refractivity contribution in [3.05, 3.63) is 22.7 Å². The van der Waals surface area contributed by atoms with E-state index in [1.165, 1.54) is 0 Å². The summed E-state index contributed by atoms with van der Waals surface area (Å²) in [5.74, 6) is 2.02. The number of benzene rings is 1. The molecule has 0 spiro atoms. The average molecular weight is 286 g/mol. The molecule has 2 atom stereocenters. The fourth-order valence-corrected chi connectivity index (χ4v) is 2.39. The Morgan fingerprint density at radius 2 is 1.79 bits per heavy atom. The summed E-state index contributed by atoms with van der Waals surface area (Å²) in [6.45, 7) is 4.45. The van der Waals surface area contributed by atoms with E-state index in [2.05, 4.69) is 19.2 Å².